The first kappa shape index (κ1) is 17.9. The Morgan fingerprint density at radius 3 is 3.00 bits per heavy atom. The maximum Gasteiger partial charge on any atom is 0.211 e. The van der Waals surface area contributed by atoms with Crippen LogP contribution in [-0.4, -0.2) is 58.6 Å². The molecule has 0 radical (unpaired) electrons. The monoisotopic (exact) mass is 390 g/mol. The molecule has 0 aliphatic carbocycles. The number of H-pyrrole nitrogens is 1. The lowest BCUT2D eigenvalue weighted by atomic mass is 9.80. The van der Waals surface area contributed by atoms with Crippen LogP contribution in [0.4, 0.5) is 0 Å². The largest absolute Gasteiger partial charge is 0.370 e. The molecule has 144 valence electrons. The number of nitrogens with zero attached hydrogens (tertiary/aromatic N) is 4. The Morgan fingerprint density at radius 1 is 1.41 bits per heavy atom. The average Bonchev–Trinajstić information content (AvgIpc) is 3.09. The van der Waals surface area contributed by atoms with Gasteiger partial charge in [0.25, 0.3) is 0 Å². The SMILES string of the molecule is CS(=O)(=O)N1CCC[C@H](C2(N)N=C(N)NC=C2c2cnc3[nH]ccc3n2)C1. The van der Waals surface area contributed by atoms with Crippen LogP contribution in [0.15, 0.2) is 29.7 Å². The molecule has 27 heavy (non-hydrogen) atoms. The zero-order valence-electron chi connectivity index (χ0n) is 14.9. The van der Waals surface area contributed by atoms with E-state index < -0.39 is 15.7 Å². The molecule has 6 N–H and O–H groups in total. The lowest BCUT2D eigenvalue weighted by Gasteiger charge is -2.42. The highest BCUT2D eigenvalue weighted by molar-refractivity contribution is 7.88. The quantitative estimate of drug-likeness (QED) is 0.553. The van der Waals surface area contributed by atoms with Crippen LogP contribution in [0.3, 0.4) is 0 Å². The third-order valence-corrected chi connectivity index (χ3v) is 6.38. The number of sulfonamides is 1. The molecule has 0 aromatic carbocycles. The molecule has 2 aliphatic heterocycles. The summed E-state index contributed by atoms with van der Waals surface area (Å²) in [4.78, 5) is 16.5. The maximum atomic E-state index is 12.0. The predicted octanol–water partition coefficient (Wildman–Crippen LogP) is -0.457. The molecule has 0 amide bonds. The van der Waals surface area contributed by atoms with E-state index in [1.54, 1.807) is 18.6 Å². The molecule has 0 bridgehead atoms. The maximum absolute atomic E-state index is 12.0. The van der Waals surface area contributed by atoms with Crippen molar-refractivity contribution in [3.8, 4) is 0 Å². The number of nitrogens with two attached hydrogens (primary N) is 2. The summed E-state index contributed by atoms with van der Waals surface area (Å²) in [5, 5.41) is 2.89. The number of aromatic nitrogens is 3. The van der Waals surface area contributed by atoms with Crippen LogP contribution in [0.2, 0.25) is 0 Å². The van der Waals surface area contributed by atoms with Crippen LogP contribution >= 0.6 is 0 Å². The second kappa shape index (κ2) is 6.29. The summed E-state index contributed by atoms with van der Waals surface area (Å²) in [6.45, 7) is 0.764. The lowest BCUT2D eigenvalue weighted by Crippen LogP contribution is -2.57. The fraction of sp³-hybridized carbons (Fsp3) is 0.438. The molecule has 1 saturated heterocycles. The molecule has 10 nitrogen and oxygen atoms in total. The Kier molecular flexibility index (Phi) is 4.17. The Hall–Kier alpha value is -2.50. The van der Waals surface area contributed by atoms with Crippen LogP contribution in [0, 0.1) is 5.92 Å². The molecule has 1 fully saturated rings. The van der Waals surface area contributed by atoms with Crippen LogP contribution in [-0.2, 0) is 10.0 Å². The molecule has 11 heteroatoms. The number of hydrogen-bond donors (Lipinski definition) is 4. The number of rotatable bonds is 3. The number of aliphatic imine (C=N–C) groups is 1. The number of hydrogen-bond acceptors (Lipinski definition) is 8. The average molecular weight is 390 g/mol. The normalized spacial score (nSPS) is 27.1. The molecule has 0 saturated carbocycles. The highest BCUT2D eigenvalue weighted by Crippen LogP contribution is 2.38. The van der Waals surface area contributed by atoms with Gasteiger partial charge in [0.15, 0.2) is 11.6 Å². The van der Waals surface area contributed by atoms with Gasteiger partial charge in [0.05, 0.1) is 18.1 Å². The minimum atomic E-state index is -3.31. The second-order valence-corrected chi connectivity index (χ2v) is 8.93. The van der Waals surface area contributed by atoms with Crippen LogP contribution in [0.25, 0.3) is 16.7 Å². The third-order valence-electron chi connectivity index (χ3n) is 5.11. The number of guanidine groups is 1. The van der Waals surface area contributed by atoms with Crippen LogP contribution < -0.4 is 16.8 Å². The van der Waals surface area contributed by atoms with Crippen molar-refractivity contribution in [1.29, 1.82) is 0 Å². The summed E-state index contributed by atoms with van der Waals surface area (Å²) in [5.74, 6) is -0.0509. The number of nitrogens with one attached hydrogen (secondary N) is 2. The van der Waals surface area contributed by atoms with Gasteiger partial charge in [-0.3, -0.25) is 0 Å². The van der Waals surface area contributed by atoms with E-state index in [1.807, 2.05) is 6.07 Å². The van der Waals surface area contributed by atoms with Crippen molar-refractivity contribution < 1.29 is 8.42 Å². The first-order chi connectivity index (χ1) is 12.8. The second-order valence-electron chi connectivity index (χ2n) is 6.95. The van der Waals surface area contributed by atoms with Gasteiger partial charge in [-0.2, -0.15) is 0 Å². The summed E-state index contributed by atoms with van der Waals surface area (Å²) in [6.07, 6.45) is 7.72. The topological polar surface area (TPSA) is 155 Å². The Labute approximate surface area is 156 Å². The Bertz CT molecular complexity index is 1040. The Morgan fingerprint density at radius 2 is 2.22 bits per heavy atom. The van der Waals surface area contributed by atoms with Crippen molar-refractivity contribution in [1.82, 2.24) is 24.6 Å². The molecule has 2 aromatic rings. The molecular formula is C16H22N8O2S. The van der Waals surface area contributed by atoms with Crippen molar-refractivity contribution in [2.75, 3.05) is 19.3 Å². The van der Waals surface area contributed by atoms with Crippen molar-refractivity contribution in [2.45, 2.75) is 18.5 Å². The van der Waals surface area contributed by atoms with Gasteiger partial charge in [-0.1, -0.05) is 0 Å². The zero-order chi connectivity index (χ0) is 19.2. The fourth-order valence-electron chi connectivity index (χ4n) is 3.71. The third kappa shape index (κ3) is 3.17. The molecule has 4 rings (SSSR count). The van der Waals surface area contributed by atoms with Gasteiger partial charge in [-0.15, -0.1) is 0 Å². The van der Waals surface area contributed by atoms with Gasteiger partial charge in [0.2, 0.25) is 10.0 Å². The van der Waals surface area contributed by atoms with Crippen molar-refractivity contribution in [3.05, 3.63) is 30.4 Å². The van der Waals surface area contributed by atoms with Crippen LogP contribution in [0.1, 0.15) is 18.5 Å². The summed E-state index contributed by atoms with van der Waals surface area (Å²) in [7, 11) is -3.31. The van der Waals surface area contributed by atoms with E-state index in [1.165, 1.54) is 10.6 Å². The molecule has 2 aromatic heterocycles. The predicted molar refractivity (Wildman–Crippen MR) is 103 cm³/mol. The standard InChI is InChI=1S/C16H22N8O2S/c1-27(25,26)24-6-2-3-10(9-24)16(18)11(7-21-15(17)23-16)13-8-20-14-12(22-13)4-5-19-14/h4-5,7-8,10H,2-3,6,9,18H2,1H3,(H,19,20)(H3,17,21,23)/t10-,16?/m0/s1. The first-order valence-corrected chi connectivity index (χ1v) is 10.5. The smallest absolute Gasteiger partial charge is 0.211 e. The van der Waals surface area contributed by atoms with Gasteiger partial charge in [0.1, 0.15) is 11.2 Å². The summed E-state index contributed by atoms with van der Waals surface area (Å²) in [5.41, 5.74) is 14.0. The summed E-state index contributed by atoms with van der Waals surface area (Å²) < 4.78 is 25.5. The number of aromatic amines is 1. The molecular weight excluding hydrogens is 368 g/mol. The molecule has 2 aliphatic rings. The van der Waals surface area contributed by atoms with E-state index in [9.17, 15) is 8.42 Å². The van der Waals surface area contributed by atoms with Gasteiger partial charge < -0.3 is 21.8 Å². The molecule has 2 atom stereocenters. The van der Waals surface area contributed by atoms with Gasteiger partial charge in [0, 0.05) is 37.0 Å². The van der Waals surface area contributed by atoms with Gasteiger partial charge in [-0.25, -0.2) is 27.7 Å². The van der Waals surface area contributed by atoms with E-state index in [-0.39, 0.29) is 18.4 Å². The minimum Gasteiger partial charge on any atom is -0.370 e. The highest BCUT2D eigenvalue weighted by Gasteiger charge is 2.44. The van der Waals surface area contributed by atoms with E-state index in [2.05, 4.69) is 25.3 Å². The molecule has 4 heterocycles. The van der Waals surface area contributed by atoms with Crippen molar-refractivity contribution in [3.63, 3.8) is 0 Å². The van der Waals surface area contributed by atoms with E-state index in [4.69, 9.17) is 11.5 Å². The summed E-state index contributed by atoms with van der Waals surface area (Å²) in [6, 6.07) is 1.82. The fourth-order valence-corrected chi connectivity index (χ4v) is 4.62. The molecule has 1 unspecified atom stereocenters. The summed E-state index contributed by atoms with van der Waals surface area (Å²) >= 11 is 0. The van der Waals surface area contributed by atoms with Crippen molar-refractivity contribution >= 4 is 32.7 Å². The molecule has 0 spiro atoms. The number of fused-ring (bicyclic) bond motifs is 1. The van der Waals surface area contributed by atoms with Crippen LogP contribution in [0.5, 0.6) is 0 Å². The first-order valence-electron chi connectivity index (χ1n) is 8.64. The van der Waals surface area contributed by atoms with E-state index in [0.717, 1.165) is 6.42 Å². The van der Waals surface area contributed by atoms with Crippen molar-refractivity contribution in [2.24, 2.45) is 22.4 Å². The number of piperidine rings is 1. The lowest BCUT2D eigenvalue weighted by molar-refractivity contribution is 0.209. The van der Waals surface area contributed by atoms with Gasteiger partial charge in [-0.05, 0) is 18.9 Å². The zero-order valence-corrected chi connectivity index (χ0v) is 15.7. The minimum absolute atomic E-state index is 0.188. The highest BCUT2D eigenvalue weighted by atomic mass is 32.2. The van der Waals surface area contributed by atoms with E-state index in [0.29, 0.717) is 35.4 Å². The van der Waals surface area contributed by atoms with Gasteiger partial charge >= 0.3 is 0 Å². The van der Waals surface area contributed by atoms with E-state index >= 15 is 0 Å². The Balaban J connectivity index is 1.74.